The molecule has 130 valence electrons. The Balaban J connectivity index is 1.43. The van der Waals surface area contributed by atoms with Crippen LogP contribution in [-0.2, 0) is 6.54 Å². The Kier molecular flexibility index (Phi) is 3.92. The lowest BCUT2D eigenvalue weighted by molar-refractivity contribution is -0.0304. The normalized spacial score (nSPS) is 19.2. The molecule has 2 aromatic rings. The quantitative estimate of drug-likeness (QED) is 0.910. The number of halogens is 2. The minimum Gasteiger partial charge on any atom is -0.467 e. The second kappa shape index (κ2) is 6.11. The Labute approximate surface area is 144 Å². The van der Waals surface area contributed by atoms with E-state index in [2.05, 4.69) is 10.2 Å². The third-order valence-electron chi connectivity index (χ3n) is 4.83. The molecule has 2 aromatic carbocycles. The largest absolute Gasteiger partial charge is 0.467 e. The van der Waals surface area contributed by atoms with E-state index in [4.69, 9.17) is 4.74 Å². The molecule has 2 heterocycles. The third kappa shape index (κ3) is 3.09. The topological polar surface area (TPSA) is 41.6 Å². The predicted octanol–water partition coefficient (Wildman–Crippen LogP) is 3.08. The van der Waals surface area contributed by atoms with Crippen LogP contribution in [0.1, 0.15) is 28.8 Å². The second-order valence-corrected chi connectivity index (χ2v) is 6.57. The summed E-state index contributed by atoms with van der Waals surface area (Å²) in [6, 6.07) is 11.2. The van der Waals surface area contributed by atoms with Crippen molar-refractivity contribution < 1.29 is 18.3 Å². The van der Waals surface area contributed by atoms with Crippen LogP contribution in [0.15, 0.2) is 42.5 Å². The van der Waals surface area contributed by atoms with Gasteiger partial charge in [0.15, 0.2) is 17.4 Å². The summed E-state index contributed by atoms with van der Waals surface area (Å²) < 4.78 is 32.5. The maximum absolute atomic E-state index is 13.3. The van der Waals surface area contributed by atoms with Crippen LogP contribution in [0, 0.1) is 11.6 Å². The number of ether oxygens (including phenoxy) is 1. The van der Waals surface area contributed by atoms with Crippen LogP contribution in [-0.4, -0.2) is 29.6 Å². The fourth-order valence-electron chi connectivity index (χ4n) is 3.45. The van der Waals surface area contributed by atoms with Crippen molar-refractivity contribution in [2.75, 3.05) is 13.1 Å². The Morgan fingerprint density at radius 1 is 1.08 bits per heavy atom. The number of nitrogens with one attached hydrogen (secondary N) is 1. The number of amides is 1. The average molecular weight is 344 g/mol. The number of hydrogen-bond donors (Lipinski definition) is 1. The molecule has 0 radical (unpaired) electrons. The van der Waals surface area contributed by atoms with Gasteiger partial charge in [0.05, 0.1) is 5.56 Å². The second-order valence-electron chi connectivity index (χ2n) is 6.57. The highest BCUT2D eigenvalue weighted by Crippen LogP contribution is 2.33. The molecule has 1 spiro atoms. The molecule has 1 N–H and O–H groups in total. The number of benzene rings is 2. The highest BCUT2D eigenvalue weighted by atomic mass is 19.2. The number of piperidine rings is 1. The Morgan fingerprint density at radius 3 is 2.60 bits per heavy atom. The lowest BCUT2D eigenvalue weighted by Crippen LogP contribution is -2.60. The maximum atomic E-state index is 13.3. The summed E-state index contributed by atoms with van der Waals surface area (Å²) in [6.07, 6.45) is 1.27. The van der Waals surface area contributed by atoms with Gasteiger partial charge in [-0.1, -0.05) is 18.2 Å². The molecule has 0 aromatic heterocycles. The van der Waals surface area contributed by atoms with Crippen molar-refractivity contribution in [3.63, 3.8) is 0 Å². The minimum atomic E-state index is -0.835. The first kappa shape index (κ1) is 16.0. The Bertz CT molecular complexity index is 817. The molecule has 0 atom stereocenters. The summed E-state index contributed by atoms with van der Waals surface area (Å²) >= 11 is 0. The minimum absolute atomic E-state index is 0.115. The molecular formula is C19H18F2N2O2. The number of likely N-dealkylation sites (tertiary alicyclic amines) is 1. The van der Waals surface area contributed by atoms with Gasteiger partial charge in [-0.3, -0.25) is 9.69 Å². The molecule has 2 aliphatic heterocycles. The monoisotopic (exact) mass is 344 g/mol. The number of hydrogen-bond acceptors (Lipinski definition) is 3. The summed E-state index contributed by atoms with van der Waals surface area (Å²) in [4.78, 5) is 14.5. The van der Waals surface area contributed by atoms with E-state index in [1.807, 2.05) is 18.2 Å². The third-order valence-corrected chi connectivity index (χ3v) is 4.83. The Morgan fingerprint density at radius 2 is 1.84 bits per heavy atom. The number of carbonyl (C=O) groups excluding carboxylic acids is 1. The van der Waals surface area contributed by atoms with Gasteiger partial charge in [-0.25, -0.2) is 8.78 Å². The Hall–Kier alpha value is -2.47. The van der Waals surface area contributed by atoms with Gasteiger partial charge in [-0.2, -0.15) is 0 Å². The van der Waals surface area contributed by atoms with Gasteiger partial charge in [0, 0.05) is 32.5 Å². The lowest BCUT2D eigenvalue weighted by atomic mass is 9.96. The smallest absolute Gasteiger partial charge is 0.258 e. The van der Waals surface area contributed by atoms with Crippen LogP contribution in [0.25, 0.3) is 0 Å². The zero-order chi connectivity index (χ0) is 17.4. The van der Waals surface area contributed by atoms with Gasteiger partial charge < -0.3 is 10.1 Å². The van der Waals surface area contributed by atoms with E-state index in [1.165, 1.54) is 6.07 Å². The number of nitrogens with zero attached hydrogens (tertiary/aromatic N) is 1. The van der Waals surface area contributed by atoms with Gasteiger partial charge in [0.25, 0.3) is 5.91 Å². The molecule has 4 rings (SSSR count). The van der Waals surface area contributed by atoms with E-state index in [-0.39, 0.29) is 5.91 Å². The van der Waals surface area contributed by atoms with Crippen LogP contribution in [0.4, 0.5) is 8.78 Å². The summed E-state index contributed by atoms with van der Waals surface area (Å²) in [5.74, 6) is -1.17. The number of rotatable bonds is 2. The molecule has 1 fully saturated rings. The van der Waals surface area contributed by atoms with Crippen molar-refractivity contribution in [2.24, 2.45) is 0 Å². The van der Waals surface area contributed by atoms with E-state index in [1.54, 1.807) is 12.1 Å². The fourth-order valence-corrected chi connectivity index (χ4v) is 3.45. The van der Waals surface area contributed by atoms with E-state index < -0.39 is 17.4 Å². The molecule has 25 heavy (non-hydrogen) atoms. The first-order valence-corrected chi connectivity index (χ1v) is 8.32. The van der Waals surface area contributed by atoms with Crippen LogP contribution >= 0.6 is 0 Å². The summed E-state index contributed by atoms with van der Waals surface area (Å²) in [5.41, 5.74) is 0.599. The van der Waals surface area contributed by atoms with E-state index in [9.17, 15) is 13.6 Å². The molecular weight excluding hydrogens is 326 g/mol. The lowest BCUT2D eigenvalue weighted by Gasteiger charge is -2.44. The zero-order valence-electron chi connectivity index (χ0n) is 13.6. The van der Waals surface area contributed by atoms with Crippen LogP contribution in [0.3, 0.4) is 0 Å². The van der Waals surface area contributed by atoms with Gasteiger partial charge in [0.2, 0.25) is 0 Å². The molecule has 1 amide bonds. The van der Waals surface area contributed by atoms with Crippen molar-refractivity contribution >= 4 is 5.91 Å². The number of carbonyl (C=O) groups is 1. The summed E-state index contributed by atoms with van der Waals surface area (Å²) in [5, 5.41) is 2.99. The summed E-state index contributed by atoms with van der Waals surface area (Å²) in [6.45, 7) is 1.93. The zero-order valence-corrected chi connectivity index (χ0v) is 13.6. The highest BCUT2D eigenvalue weighted by Gasteiger charge is 2.42. The van der Waals surface area contributed by atoms with Crippen LogP contribution < -0.4 is 10.1 Å². The number of fused-ring (bicyclic) bond motifs is 1. The van der Waals surface area contributed by atoms with Crippen LogP contribution in [0.5, 0.6) is 5.75 Å². The van der Waals surface area contributed by atoms with E-state index in [0.717, 1.165) is 11.6 Å². The standard InChI is InChI=1S/C19H18F2N2O2/c20-15-6-5-13(11-16(15)21)12-23-9-7-19(8-10-23)22-18(24)14-3-1-2-4-17(14)25-19/h1-6,11H,7-10,12H2,(H,22,24). The molecule has 0 aliphatic carbocycles. The fraction of sp³-hybridized carbons (Fsp3) is 0.316. The maximum Gasteiger partial charge on any atom is 0.258 e. The van der Waals surface area contributed by atoms with Crippen molar-refractivity contribution in [3.8, 4) is 5.75 Å². The van der Waals surface area contributed by atoms with Gasteiger partial charge in [-0.05, 0) is 29.8 Å². The SMILES string of the molecule is O=C1NC2(CCN(Cc3ccc(F)c(F)c3)CC2)Oc2ccccc21. The summed E-state index contributed by atoms with van der Waals surface area (Å²) in [7, 11) is 0. The molecule has 0 saturated carbocycles. The van der Waals surface area contributed by atoms with Crippen molar-refractivity contribution in [1.29, 1.82) is 0 Å². The average Bonchev–Trinajstić information content (AvgIpc) is 2.60. The van der Waals surface area contributed by atoms with Crippen molar-refractivity contribution in [2.45, 2.75) is 25.1 Å². The van der Waals surface area contributed by atoms with Gasteiger partial charge in [0.1, 0.15) is 5.75 Å². The molecule has 4 nitrogen and oxygen atoms in total. The van der Waals surface area contributed by atoms with Gasteiger partial charge >= 0.3 is 0 Å². The molecule has 6 heteroatoms. The van der Waals surface area contributed by atoms with Crippen molar-refractivity contribution in [1.82, 2.24) is 10.2 Å². The van der Waals surface area contributed by atoms with E-state index >= 15 is 0 Å². The van der Waals surface area contributed by atoms with Crippen molar-refractivity contribution in [3.05, 3.63) is 65.2 Å². The molecule has 0 bridgehead atoms. The molecule has 2 aliphatic rings. The number of para-hydroxylation sites is 1. The molecule has 1 saturated heterocycles. The van der Waals surface area contributed by atoms with Crippen LogP contribution in [0.2, 0.25) is 0 Å². The van der Waals surface area contributed by atoms with Gasteiger partial charge in [-0.15, -0.1) is 0 Å². The highest BCUT2D eigenvalue weighted by molar-refractivity contribution is 5.98. The predicted molar refractivity (Wildman–Crippen MR) is 88.1 cm³/mol. The van der Waals surface area contributed by atoms with E-state index in [0.29, 0.717) is 43.8 Å². The first-order chi connectivity index (χ1) is 12.0. The first-order valence-electron chi connectivity index (χ1n) is 8.32. The molecule has 0 unspecified atom stereocenters.